The fourth-order valence-electron chi connectivity index (χ4n) is 2.15. The summed E-state index contributed by atoms with van der Waals surface area (Å²) >= 11 is 5.90. The fraction of sp³-hybridized carbons (Fsp3) is 0.150. The Morgan fingerprint density at radius 3 is 2.64 bits per heavy atom. The van der Waals surface area contributed by atoms with E-state index in [0.29, 0.717) is 11.3 Å². The molecule has 0 bridgehead atoms. The van der Waals surface area contributed by atoms with Crippen LogP contribution in [0.25, 0.3) is 6.08 Å². The lowest BCUT2D eigenvalue weighted by molar-refractivity contribution is -0.148. The standard InChI is InChI=1S/C20H16ClFN2O4/c1-12(20(26)24-15-6-5-14(11-23)16(21)10-15)28-19(25)8-4-13-3-7-18(27-2)17(22)9-13/h3-10,12H,1-2H3,(H,24,26)/b8-4+/t12-/m1/s1. The summed E-state index contributed by atoms with van der Waals surface area (Å²) in [6, 6.07) is 10.5. The van der Waals surface area contributed by atoms with E-state index in [1.807, 2.05) is 6.07 Å². The average molecular weight is 403 g/mol. The Bertz CT molecular complexity index is 969. The number of methoxy groups -OCH3 is 1. The van der Waals surface area contributed by atoms with E-state index in [9.17, 15) is 14.0 Å². The summed E-state index contributed by atoms with van der Waals surface area (Å²) in [7, 11) is 1.35. The van der Waals surface area contributed by atoms with Crippen molar-refractivity contribution >= 4 is 35.2 Å². The second-order valence-corrected chi connectivity index (χ2v) is 6.01. The molecule has 0 spiro atoms. The molecule has 2 rings (SSSR count). The quantitative estimate of drug-likeness (QED) is 0.584. The number of esters is 1. The van der Waals surface area contributed by atoms with Crippen LogP contribution in [-0.4, -0.2) is 25.1 Å². The van der Waals surface area contributed by atoms with E-state index in [0.717, 1.165) is 6.08 Å². The maximum atomic E-state index is 13.6. The molecule has 0 heterocycles. The first-order valence-corrected chi connectivity index (χ1v) is 8.44. The van der Waals surface area contributed by atoms with E-state index in [-0.39, 0.29) is 16.3 Å². The highest BCUT2D eigenvalue weighted by Gasteiger charge is 2.17. The van der Waals surface area contributed by atoms with Gasteiger partial charge in [0.25, 0.3) is 5.91 Å². The van der Waals surface area contributed by atoms with Gasteiger partial charge in [-0.25, -0.2) is 9.18 Å². The smallest absolute Gasteiger partial charge is 0.331 e. The first-order chi connectivity index (χ1) is 13.3. The van der Waals surface area contributed by atoms with Gasteiger partial charge in [-0.15, -0.1) is 0 Å². The highest BCUT2D eigenvalue weighted by Crippen LogP contribution is 2.21. The van der Waals surface area contributed by atoms with Crippen LogP contribution in [0.2, 0.25) is 5.02 Å². The Hall–Kier alpha value is -3.37. The predicted molar refractivity (Wildman–Crippen MR) is 102 cm³/mol. The third kappa shape index (κ3) is 5.56. The van der Waals surface area contributed by atoms with Gasteiger partial charge in [0.2, 0.25) is 0 Å². The van der Waals surface area contributed by atoms with Crippen LogP contribution in [0, 0.1) is 17.1 Å². The van der Waals surface area contributed by atoms with Crippen molar-refractivity contribution in [3.63, 3.8) is 0 Å². The van der Waals surface area contributed by atoms with Crippen LogP contribution in [0.3, 0.4) is 0 Å². The number of carbonyl (C=O) groups is 2. The van der Waals surface area contributed by atoms with E-state index in [1.165, 1.54) is 50.4 Å². The van der Waals surface area contributed by atoms with E-state index >= 15 is 0 Å². The van der Waals surface area contributed by atoms with Crippen molar-refractivity contribution in [1.29, 1.82) is 5.26 Å². The maximum Gasteiger partial charge on any atom is 0.331 e. The van der Waals surface area contributed by atoms with Gasteiger partial charge in [0.1, 0.15) is 6.07 Å². The van der Waals surface area contributed by atoms with Gasteiger partial charge in [0.15, 0.2) is 17.7 Å². The number of hydrogen-bond donors (Lipinski definition) is 1. The number of nitrogens with one attached hydrogen (secondary N) is 1. The molecule has 0 fully saturated rings. The van der Waals surface area contributed by atoms with Gasteiger partial charge in [-0.3, -0.25) is 4.79 Å². The van der Waals surface area contributed by atoms with Crippen LogP contribution in [0.15, 0.2) is 42.5 Å². The van der Waals surface area contributed by atoms with Crippen LogP contribution >= 0.6 is 11.6 Å². The molecule has 0 unspecified atom stereocenters. The van der Waals surface area contributed by atoms with Gasteiger partial charge in [0, 0.05) is 11.8 Å². The molecule has 2 aromatic carbocycles. The molecule has 0 aliphatic carbocycles. The normalized spacial score (nSPS) is 11.5. The molecule has 1 atom stereocenters. The summed E-state index contributed by atoms with van der Waals surface area (Å²) in [5, 5.41) is 11.6. The fourth-order valence-corrected chi connectivity index (χ4v) is 2.37. The van der Waals surface area contributed by atoms with Crippen molar-refractivity contribution in [2.45, 2.75) is 13.0 Å². The zero-order valence-corrected chi connectivity index (χ0v) is 15.8. The molecule has 0 aromatic heterocycles. The second-order valence-electron chi connectivity index (χ2n) is 5.60. The number of halogens is 2. The minimum absolute atomic E-state index is 0.0907. The van der Waals surface area contributed by atoms with E-state index in [4.69, 9.17) is 26.3 Å². The molecule has 0 aliphatic rings. The highest BCUT2D eigenvalue weighted by atomic mass is 35.5. The van der Waals surface area contributed by atoms with Crippen LogP contribution < -0.4 is 10.1 Å². The number of hydrogen-bond acceptors (Lipinski definition) is 5. The molecule has 8 heteroatoms. The topological polar surface area (TPSA) is 88.4 Å². The molecule has 6 nitrogen and oxygen atoms in total. The van der Waals surface area contributed by atoms with Gasteiger partial charge in [-0.2, -0.15) is 5.26 Å². The number of nitriles is 1. The lowest BCUT2D eigenvalue weighted by atomic mass is 10.2. The number of anilines is 1. The van der Waals surface area contributed by atoms with Gasteiger partial charge in [-0.1, -0.05) is 17.7 Å². The number of ether oxygens (including phenoxy) is 2. The molecule has 0 aliphatic heterocycles. The van der Waals surface area contributed by atoms with Crippen molar-refractivity contribution < 1.29 is 23.5 Å². The first-order valence-electron chi connectivity index (χ1n) is 8.06. The number of carbonyl (C=O) groups excluding carboxylic acids is 2. The van der Waals surface area contributed by atoms with Gasteiger partial charge >= 0.3 is 5.97 Å². The molecule has 0 radical (unpaired) electrons. The second kappa shape index (κ2) is 9.53. The minimum atomic E-state index is -1.08. The molecule has 0 saturated heterocycles. The molecule has 0 saturated carbocycles. The largest absolute Gasteiger partial charge is 0.494 e. The van der Waals surface area contributed by atoms with Crippen LogP contribution in [0.1, 0.15) is 18.1 Å². The van der Waals surface area contributed by atoms with Crippen molar-refractivity contribution in [3.8, 4) is 11.8 Å². The molecule has 1 N–H and O–H groups in total. The Kier molecular flexibility index (Phi) is 7.13. The average Bonchev–Trinajstić information content (AvgIpc) is 2.66. The summed E-state index contributed by atoms with van der Waals surface area (Å²) in [5.74, 6) is -1.81. The van der Waals surface area contributed by atoms with Crippen LogP contribution in [0.5, 0.6) is 5.75 Å². The van der Waals surface area contributed by atoms with E-state index in [2.05, 4.69) is 5.32 Å². The lowest BCUT2D eigenvalue weighted by Gasteiger charge is -2.12. The van der Waals surface area contributed by atoms with Crippen molar-refractivity contribution in [1.82, 2.24) is 0 Å². The Morgan fingerprint density at radius 1 is 1.29 bits per heavy atom. The summed E-state index contributed by atoms with van der Waals surface area (Å²) in [6.45, 7) is 1.40. The minimum Gasteiger partial charge on any atom is -0.494 e. The zero-order valence-electron chi connectivity index (χ0n) is 15.0. The molecule has 144 valence electrons. The monoisotopic (exact) mass is 402 g/mol. The van der Waals surface area contributed by atoms with E-state index in [1.54, 1.807) is 6.07 Å². The maximum absolute atomic E-state index is 13.6. The summed E-state index contributed by atoms with van der Waals surface area (Å²) < 4.78 is 23.4. The highest BCUT2D eigenvalue weighted by molar-refractivity contribution is 6.32. The Labute approximate surface area is 166 Å². The summed E-state index contributed by atoms with van der Waals surface area (Å²) in [6.07, 6.45) is 1.36. The first kappa shape index (κ1) is 20.9. The van der Waals surface area contributed by atoms with Gasteiger partial charge < -0.3 is 14.8 Å². The number of nitrogens with zero attached hydrogens (tertiary/aromatic N) is 1. The third-order valence-electron chi connectivity index (χ3n) is 3.61. The molecular formula is C20H16ClFN2O4. The SMILES string of the molecule is COc1ccc(/C=C/C(=O)O[C@H](C)C(=O)Nc2ccc(C#N)c(Cl)c2)cc1F. The molecule has 1 amide bonds. The van der Waals surface area contributed by atoms with Gasteiger partial charge in [-0.05, 0) is 48.9 Å². The van der Waals surface area contributed by atoms with Crippen molar-refractivity contribution in [3.05, 3.63) is 64.4 Å². The van der Waals surface area contributed by atoms with Crippen LogP contribution in [0.4, 0.5) is 10.1 Å². The zero-order chi connectivity index (χ0) is 20.7. The summed E-state index contributed by atoms with van der Waals surface area (Å²) in [5.41, 5.74) is 1.07. The van der Waals surface area contributed by atoms with Crippen molar-refractivity contribution in [2.75, 3.05) is 12.4 Å². The third-order valence-corrected chi connectivity index (χ3v) is 3.92. The van der Waals surface area contributed by atoms with Crippen LogP contribution in [-0.2, 0) is 14.3 Å². The summed E-state index contributed by atoms with van der Waals surface area (Å²) in [4.78, 5) is 24.0. The Morgan fingerprint density at radius 2 is 2.04 bits per heavy atom. The molecule has 2 aromatic rings. The number of rotatable bonds is 6. The van der Waals surface area contributed by atoms with E-state index < -0.39 is 23.8 Å². The lowest BCUT2D eigenvalue weighted by Crippen LogP contribution is -2.29. The van der Waals surface area contributed by atoms with Crippen molar-refractivity contribution in [2.24, 2.45) is 0 Å². The van der Waals surface area contributed by atoms with Gasteiger partial charge in [0.05, 0.1) is 17.7 Å². The predicted octanol–water partition coefficient (Wildman–Crippen LogP) is 3.94. The molecule has 28 heavy (non-hydrogen) atoms. The molecular weight excluding hydrogens is 387 g/mol. The number of benzene rings is 2. The number of amides is 1. The Balaban J connectivity index is 1.94.